The van der Waals surface area contributed by atoms with E-state index < -0.39 is 5.91 Å². The van der Waals surface area contributed by atoms with Crippen molar-refractivity contribution in [2.24, 2.45) is 5.73 Å². The topological polar surface area (TPSA) is 99.0 Å². The third-order valence-electron chi connectivity index (χ3n) is 2.80. The monoisotopic (exact) mass is 259 g/mol. The minimum atomic E-state index is -0.514. The van der Waals surface area contributed by atoms with Crippen LogP contribution in [0.15, 0.2) is 36.9 Å². The van der Waals surface area contributed by atoms with Gasteiger partial charge in [0.2, 0.25) is 0 Å². The molecule has 0 saturated carbocycles. The number of amides is 1. The highest BCUT2D eigenvalue weighted by Crippen LogP contribution is 2.17. The first kappa shape index (κ1) is 12.9. The van der Waals surface area contributed by atoms with Crippen LogP contribution in [0.2, 0.25) is 0 Å². The van der Waals surface area contributed by atoms with E-state index in [-0.39, 0.29) is 0 Å². The summed E-state index contributed by atoms with van der Waals surface area (Å²) < 4.78 is 2.01. The van der Waals surface area contributed by atoms with Gasteiger partial charge in [0.15, 0.2) is 0 Å². The van der Waals surface area contributed by atoms with Crippen LogP contribution in [0, 0.1) is 0 Å². The molecule has 1 heterocycles. The zero-order valence-electron chi connectivity index (χ0n) is 10.5. The van der Waals surface area contributed by atoms with Gasteiger partial charge in [0.1, 0.15) is 0 Å². The summed E-state index contributed by atoms with van der Waals surface area (Å²) in [6.45, 7) is 1.69. The number of rotatable bonds is 6. The molecule has 1 amide bonds. The number of hydrogen-bond acceptors (Lipinski definition) is 4. The number of benzene rings is 1. The Morgan fingerprint density at radius 1 is 1.42 bits per heavy atom. The summed E-state index contributed by atoms with van der Waals surface area (Å²) in [7, 11) is 0. The molecular weight excluding hydrogens is 242 g/mol. The van der Waals surface area contributed by atoms with E-state index in [0.717, 1.165) is 25.2 Å². The van der Waals surface area contributed by atoms with E-state index in [0.29, 0.717) is 11.3 Å². The van der Waals surface area contributed by atoms with Crippen molar-refractivity contribution < 1.29 is 4.79 Å². The molecule has 5 N–H and O–H groups in total. The lowest BCUT2D eigenvalue weighted by molar-refractivity contribution is 0.100. The van der Waals surface area contributed by atoms with Crippen LogP contribution < -0.4 is 16.8 Å². The van der Waals surface area contributed by atoms with Gasteiger partial charge < -0.3 is 21.4 Å². The van der Waals surface area contributed by atoms with Crippen molar-refractivity contribution in [3.63, 3.8) is 0 Å². The first-order chi connectivity index (χ1) is 9.16. The maximum absolute atomic E-state index is 11.2. The summed E-state index contributed by atoms with van der Waals surface area (Å²) >= 11 is 0. The molecule has 0 saturated heterocycles. The SMILES string of the molecule is NC(=O)c1cc(NCCCn2ccnc2)ccc1N. The maximum Gasteiger partial charge on any atom is 0.250 e. The lowest BCUT2D eigenvalue weighted by Crippen LogP contribution is -2.14. The predicted octanol–water partition coefficient (Wildman–Crippen LogP) is 1.07. The van der Waals surface area contributed by atoms with Gasteiger partial charge in [-0.15, -0.1) is 0 Å². The van der Waals surface area contributed by atoms with Gasteiger partial charge in [-0.1, -0.05) is 0 Å². The third kappa shape index (κ3) is 3.48. The zero-order valence-corrected chi connectivity index (χ0v) is 10.5. The smallest absolute Gasteiger partial charge is 0.250 e. The van der Waals surface area contributed by atoms with E-state index in [1.807, 2.05) is 16.8 Å². The molecule has 0 aliphatic rings. The molecule has 2 rings (SSSR count). The number of aromatic nitrogens is 2. The van der Waals surface area contributed by atoms with Gasteiger partial charge in [-0.2, -0.15) is 0 Å². The molecule has 1 aromatic carbocycles. The molecule has 0 atom stereocenters. The molecule has 0 fully saturated rings. The standard InChI is InChI=1S/C13H17N5O/c14-12-3-2-10(8-11(12)13(15)19)17-4-1-6-18-7-5-16-9-18/h2-3,5,7-9,17H,1,4,6,14H2,(H2,15,19). The molecular formula is C13H17N5O. The molecule has 100 valence electrons. The van der Waals surface area contributed by atoms with Crippen molar-refractivity contribution in [3.05, 3.63) is 42.5 Å². The van der Waals surface area contributed by atoms with Gasteiger partial charge in [-0.25, -0.2) is 4.98 Å². The summed E-state index contributed by atoms with van der Waals surface area (Å²) in [5.74, 6) is -0.514. The number of hydrogen-bond donors (Lipinski definition) is 3. The van der Waals surface area contributed by atoms with Crippen molar-refractivity contribution >= 4 is 17.3 Å². The summed E-state index contributed by atoms with van der Waals surface area (Å²) in [4.78, 5) is 15.1. The minimum Gasteiger partial charge on any atom is -0.398 e. The second kappa shape index (κ2) is 5.90. The van der Waals surface area contributed by atoms with Crippen LogP contribution in [0.1, 0.15) is 16.8 Å². The Balaban J connectivity index is 1.86. The molecule has 0 spiro atoms. The highest BCUT2D eigenvalue weighted by atomic mass is 16.1. The van der Waals surface area contributed by atoms with Gasteiger partial charge in [0.25, 0.3) is 5.91 Å². The number of carbonyl (C=O) groups excluding carboxylic acids is 1. The largest absolute Gasteiger partial charge is 0.398 e. The molecule has 6 nitrogen and oxygen atoms in total. The molecule has 1 aromatic heterocycles. The maximum atomic E-state index is 11.2. The summed E-state index contributed by atoms with van der Waals surface area (Å²) in [5.41, 5.74) is 12.5. The highest BCUT2D eigenvalue weighted by Gasteiger charge is 2.06. The molecule has 19 heavy (non-hydrogen) atoms. The fraction of sp³-hybridized carbons (Fsp3) is 0.231. The second-order valence-electron chi connectivity index (χ2n) is 4.25. The van der Waals surface area contributed by atoms with Crippen molar-refractivity contribution in [2.75, 3.05) is 17.6 Å². The Morgan fingerprint density at radius 2 is 2.26 bits per heavy atom. The Bertz CT molecular complexity index is 550. The lowest BCUT2D eigenvalue weighted by atomic mass is 10.1. The number of nitrogen functional groups attached to an aromatic ring is 1. The second-order valence-corrected chi connectivity index (χ2v) is 4.25. The van der Waals surface area contributed by atoms with Gasteiger partial charge >= 0.3 is 0 Å². The van der Waals surface area contributed by atoms with Crippen molar-refractivity contribution in [2.45, 2.75) is 13.0 Å². The fourth-order valence-corrected chi connectivity index (χ4v) is 1.79. The van der Waals surface area contributed by atoms with E-state index in [4.69, 9.17) is 11.5 Å². The minimum absolute atomic E-state index is 0.347. The Morgan fingerprint density at radius 3 is 2.95 bits per heavy atom. The van der Waals surface area contributed by atoms with Crippen LogP contribution in [0.25, 0.3) is 0 Å². The van der Waals surface area contributed by atoms with Crippen LogP contribution in [-0.4, -0.2) is 22.0 Å². The van der Waals surface area contributed by atoms with Gasteiger partial charge in [-0.05, 0) is 24.6 Å². The van der Waals surface area contributed by atoms with Crippen molar-refractivity contribution in [1.29, 1.82) is 0 Å². The van der Waals surface area contributed by atoms with E-state index in [9.17, 15) is 4.79 Å². The van der Waals surface area contributed by atoms with Crippen molar-refractivity contribution in [1.82, 2.24) is 9.55 Å². The predicted molar refractivity (Wildman–Crippen MR) is 74.7 cm³/mol. The van der Waals surface area contributed by atoms with Gasteiger partial charge in [0.05, 0.1) is 11.9 Å². The van der Waals surface area contributed by atoms with Gasteiger partial charge in [0, 0.05) is 36.9 Å². The molecule has 0 unspecified atom stereocenters. The van der Waals surface area contributed by atoms with E-state index in [1.54, 1.807) is 24.7 Å². The molecule has 2 aromatic rings. The fourth-order valence-electron chi connectivity index (χ4n) is 1.79. The number of aryl methyl sites for hydroxylation is 1. The number of primary amides is 1. The average Bonchev–Trinajstić information content (AvgIpc) is 2.89. The number of nitrogens with two attached hydrogens (primary N) is 2. The first-order valence-corrected chi connectivity index (χ1v) is 6.06. The van der Waals surface area contributed by atoms with E-state index >= 15 is 0 Å². The van der Waals surface area contributed by atoms with Crippen LogP contribution in [0.3, 0.4) is 0 Å². The number of nitrogens with one attached hydrogen (secondary N) is 1. The number of nitrogens with zero attached hydrogens (tertiary/aromatic N) is 2. The highest BCUT2D eigenvalue weighted by molar-refractivity contribution is 5.98. The quantitative estimate of drug-likeness (QED) is 0.533. The Labute approximate surface area is 111 Å². The summed E-state index contributed by atoms with van der Waals surface area (Å²) in [6.07, 6.45) is 6.42. The Kier molecular flexibility index (Phi) is 4.02. The normalized spacial score (nSPS) is 10.3. The van der Waals surface area contributed by atoms with Crippen LogP contribution in [0.5, 0.6) is 0 Å². The van der Waals surface area contributed by atoms with E-state index in [1.165, 1.54) is 0 Å². The van der Waals surface area contributed by atoms with Crippen molar-refractivity contribution in [3.8, 4) is 0 Å². The van der Waals surface area contributed by atoms with Crippen LogP contribution in [-0.2, 0) is 6.54 Å². The molecule has 0 radical (unpaired) electrons. The summed E-state index contributed by atoms with van der Waals surface area (Å²) in [6, 6.07) is 5.19. The number of anilines is 2. The average molecular weight is 259 g/mol. The third-order valence-corrected chi connectivity index (χ3v) is 2.80. The number of carbonyl (C=O) groups is 1. The zero-order chi connectivity index (χ0) is 13.7. The lowest BCUT2D eigenvalue weighted by Gasteiger charge is -2.09. The van der Waals surface area contributed by atoms with Crippen LogP contribution in [0.4, 0.5) is 11.4 Å². The Hall–Kier alpha value is -2.50. The number of imidazole rings is 1. The molecule has 0 bridgehead atoms. The van der Waals surface area contributed by atoms with Gasteiger partial charge in [-0.3, -0.25) is 4.79 Å². The van der Waals surface area contributed by atoms with Crippen LogP contribution >= 0.6 is 0 Å². The molecule has 6 heteroatoms. The summed E-state index contributed by atoms with van der Waals surface area (Å²) in [5, 5.41) is 3.23. The molecule has 0 aliphatic carbocycles. The van der Waals surface area contributed by atoms with E-state index in [2.05, 4.69) is 10.3 Å². The first-order valence-electron chi connectivity index (χ1n) is 6.06. The molecule has 0 aliphatic heterocycles.